The van der Waals surface area contributed by atoms with Crippen molar-refractivity contribution in [3.8, 4) is 5.88 Å². The molecule has 2 heterocycles. The van der Waals surface area contributed by atoms with E-state index in [1.165, 1.54) is 5.56 Å². The van der Waals surface area contributed by atoms with Gasteiger partial charge in [0.05, 0.1) is 19.4 Å². The molecule has 1 aromatic carbocycles. The zero-order valence-corrected chi connectivity index (χ0v) is 18.1. The molecule has 2 aliphatic rings. The minimum absolute atomic E-state index is 0.532. The van der Waals surface area contributed by atoms with Gasteiger partial charge in [-0.05, 0) is 25.3 Å². The van der Waals surface area contributed by atoms with Gasteiger partial charge in [-0.2, -0.15) is 10.1 Å². The van der Waals surface area contributed by atoms with Crippen molar-refractivity contribution in [2.45, 2.75) is 25.8 Å². The van der Waals surface area contributed by atoms with Gasteiger partial charge in [-0.1, -0.05) is 42.0 Å². The molecule has 0 atom stereocenters. The Balaban J connectivity index is 1.40. The third-order valence-corrected chi connectivity index (χ3v) is 5.39. The number of anilines is 2. The van der Waals surface area contributed by atoms with Crippen LogP contribution in [0.3, 0.4) is 0 Å². The first-order valence-electron chi connectivity index (χ1n) is 11.0. The molecule has 0 saturated carbocycles. The fourth-order valence-corrected chi connectivity index (χ4v) is 3.75. The predicted molar refractivity (Wildman–Crippen MR) is 125 cm³/mol. The fourth-order valence-electron chi connectivity index (χ4n) is 3.75. The summed E-state index contributed by atoms with van der Waals surface area (Å²) in [6.45, 7) is 6.60. The fraction of sp³-hybridized carbons (Fsp3) is 0.417. The van der Waals surface area contributed by atoms with Crippen molar-refractivity contribution in [1.82, 2.24) is 10.3 Å². The number of benzene rings is 1. The molecule has 7 heteroatoms. The largest absolute Gasteiger partial charge is 0.476 e. The first-order valence-corrected chi connectivity index (χ1v) is 11.0. The van der Waals surface area contributed by atoms with Gasteiger partial charge in [-0.15, -0.1) is 0 Å². The molecule has 2 aromatic rings. The predicted octanol–water partition coefficient (Wildman–Crippen LogP) is 3.36. The number of hydrogen-bond donors (Lipinski definition) is 2. The molecule has 0 amide bonds. The van der Waals surface area contributed by atoms with E-state index >= 15 is 0 Å². The first-order chi connectivity index (χ1) is 15.3. The Morgan fingerprint density at radius 2 is 2.03 bits per heavy atom. The average molecular weight is 422 g/mol. The molecule has 7 nitrogen and oxygen atoms in total. The lowest BCUT2D eigenvalue weighted by Gasteiger charge is -2.29. The van der Waals surface area contributed by atoms with E-state index in [0.29, 0.717) is 24.3 Å². The number of rotatable bonds is 9. The van der Waals surface area contributed by atoms with Gasteiger partial charge in [0.1, 0.15) is 6.61 Å². The maximum atomic E-state index is 5.97. The topological polar surface area (TPSA) is 71.0 Å². The minimum atomic E-state index is 0.532. The van der Waals surface area contributed by atoms with E-state index in [2.05, 4.69) is 56.9 Å². The van der Waals surface area contributed by atoms with Crippen molar-refractivity contribution in [1.29, 1.82) is 0 Å². The number of aryl methyl sites for hydroxylation is 1. The monoisotopic (exact) mass is 421 g/mol. The third kappa shape index (κ3) is 6.54. The van der Waals surface area contributed by atoms with Crippen LogP contribution in [-0.2, 0) is 4.74 Å². The van der Waals surface area contributed by atoms with Crippen molar-refractivity contribution in [2.24, 2.45) is 5.10 Å². The Morgan fingerprint density at radius 1 is 1.19 bits per heavy atom. The second kappa shape index (κ2) is 10.9. The smallest absolute Gasteiger partial charge is 0.217 e. The lowest BCUT2D eigenvalue weighted by Crippen LogP contribution is -2.36. The molecule has 4 rings (SSSR count). The summed E-state index contributed by atoms with van der Waals surface area (Å²) in [7, 11) is 0. The molecular weight excluding hydrogens is 390 g/mol. The first kappa shape index (κ1) is 21.3. The van der Waals surface area contributed by atoms with E-state index in [1.54, 1.807) is 6.21 Å². The number of hydrogen-bond acceptors (Lipinski definition) is 7. The molecule has 1 aliphatic carbocycles. The van der Waals surface area contributed by atoms with Crippen molar-refractivity contribution in [3.63, 3.8) is 0 Å². The van der Waals surface area contributed by atoms with Crippen LogP contribution in [0, 0.1) is 6.92 Å². The molecule has 31 heavy (non-hydrogen) atoms. The van der Waals surface area contributed by atoms with Crippen LogP contribution in [0.25, 0.3) is 0 Å². The Labute approximate surface area is 184 Å². The van der Waals surface area contributed by atoms with Gasteiger partial charge in [0.2, 0.25) is 5.88 Å². The molecule has 1 fully saturated rings. The summed E-state index contributed by atoms with van der Waals surface area (Å²) < 4.78 is 11.5. The van der Waals surface area contributed by atoms with E-state index in [1.807, 2.05) is 24.3 Å². The highest BCUT2D eigenvalue weighted by Gasteiger charge is 2.14. The number of hydrazone groups is 1. The van der Waals surface area contributed by atoms with Gasteiger partial charge in [0.25, 0.3) is 0 Å². The summed E-state index contributed by atoms with van der Waals surface area (Å²) in [6.07, 6.45) is 8.44. The molecule has 2 N–H and O–H groups in total. The number of nitrogens with zero attached hydrogens (tertiary/aromatic N) is 3. The second-order valence-electron chi connectivity index (χ2n) is 7.87. The summed E-state index contributed by atoms with van der Waals surface area (Å²) in [6, 6.07) is 12.7. The highest BCUT2D eigenvalue weighted by Crippen LogP contribution is 2.25. The maximum absolute atomic E-state index is 5.97. The van der Waals surface area contributed by atoms with Gasteiger partial charge >= 0.3 is 0 Å². The van der Waals surface area contributed by atoms with Crippen LogP contribution in [-0.4, -0.2) is 56.7 Å². The van der Waals surface area contributed by atoms with Crippen molar-refractivity contribution in [2.75, 3.05) is 49.8 Å². The highest BCUT2D eigenvalue weighted by molar-refractivity contribution is 5.80. The van der Waals surface area contributed by atoms with E-state index in [4.69, 9.17) is 9.47 Å². The van der Waals surface area contributed by atoms with Gasteiger partial charge in [0, 0.05) is 43.5 Å². The third-order valence-electron chi connectivity index (χ3n) is 5.39. The molecule has 1 saturated heterocycles. The molecule has 0 radical (unpaired) electrons. The summed E-state index contributed by atoms with van der Waals surface area (Å²) >= 11 is 0. The van der Waals surface area contributed by atoms with Crippen LogP contribution in [0.1, 0.15) is 24.0 Å². The van der Waals surface area contributed by atoms with Gasteiger partial charge in [0.15, 0.2) is 5.82 Å². The quantitative estimate of drug-likeness (QED) is 0.280. The van der Waals surface area contributed by atoms with E-state index in [-0.39, 0.29) is 0 Å². The number of nitrogens with one attached hydrogen (secondary N) is 2. The normalized spacial score (nSPS) is 16.9. The number of ether oxygens (including phenoxy) is 2. The van der Waals surface area contributed by atoms with Crippen molar-refractivity contribution < 1.29 is 9.47 Å². The molecule has 0 bridgehead atoms. The van der Waals surface area contributed by atoms with Crippen LogP contribution in [0.5, 0.6) is 5.88 Å². The van der Waals surface area contributed by atoms with Crippen LogP contribution >= 0.6 is 0 Å². The molecular formula is C24H31N5O2. The van der Waals surface area contributed by atoms with Gasteiger partial charge in [-0.25, -0.2) is 0 Å². The maximum Gasteiger partial charge on any atom is 0.217 e. The molecule has 1 aromatic heterocycles. The Hall–Kier alpha value is -2.90. The van der Waals surface area contributed by atoms with Gasteiger partial charge < -0.3 is 19.7 Å². The Bertz CT molecular complexity index is 901. The molecule has 0 spiro atoms. The van der Waals surface area contributed by atoms with Gasteiger partial charge in [-0.3, -0.25) is 5.43 Å². The van der Waals surface area contributed by atoms with Crippen molar-refractivity contribution in [3.05, 3.63) is 59.7 Å². The molecule has 1 aliphatic heterocycles. The molecule has 0 unspecified atom stereocenters. The van der Waals surface area contributed by atoms with Crippen LogP contribution < -0.4 is 20.4 Å². The lowest BCUT2D eigenvalue weighted by molar-refractivity contribution is 0.122. The van der Waals surface area contributed by atoms with E-state index in [0.717, 1.165) is 56.9 Å². The Morgan fingerprint density at radius 3 is 2.84 bits per heavy atom. The highest BCUT2D eigenvalue weighted by atomic mass is 16.5. The summed E-state index contributed by atoms with van der Waals surface area (Å²) in [5.74, 6) is 1.26. The number of aromatic nitrogens is 1. The summed E-state index contributed by atoms with van der Waals surface area (Å²) in [5, 5.41) is 7.89. The number of morpholine rings is 1. The van der Waals surface area contributed by atoms with Crippen LogP contribution in [0.2, 0.25) is 0 Å². The second-order valence-corrected chi connectivity index (χ2v) is 7.87. The lowest BCUT2D eigenvalue weighted by atomic mass is 10.2. The van der Waals surface area contributed by atoms with E-state index < -0.39 is 0 Å². The molecule has 164 valence electrons. The van der Waals surface area contributed by atoms with Crippen molar-refractivity contribution >= 4 is 17.7 Å². The summed E-state index contributed by atoms with van der Waals surface area (Å²) in [4.78, 5) is 6.89. The average Bonchev–Trinajstić information content (AvgIpc) is 3.31. The number of pyridine rings is 1. The van der Waals surface area contributed by atoms with E-state index in [9.17, 15) is 0 Å². The zero-order valence-electron chi connectivity index (χ0n) is 18.1. The van der Waals surface area contributed by atoms with Crippen LogP contribution in [0.15, 0.2) is 53.7 Å². The zero-order chi connectivity index (χ0) is 21.3. The standard InChI is InChI=1S/C24H31N5O2/c1-19-5-4-6-20(15-19)18-26-28-23-16-22(29-10-13-30-14-11-29)17-24(27-23)31-12-9-25-21-7-2-3-8-21/h2-6,15-18,21,25H,7-14H2,1H3,(H,27,28). The van der Waals surface area contributed by atoms with Crippen LogP contribution in [0.4, 0.5) is 11.5 Å². The Kier molecular flexibility index (Phi) is 7.52. The SMILES string of the molecule is Cc1cccc(C=NNc2cc(N3CCOCC3)cc(OCCNC3CC=CC3)n2)c1. The summed E-state index contributed by atoms with van der Waals surface area (Å²) in [5.41, 5.74) is 6.37. The minimum Gasteiger partial charge on any atom is -0.476 e.